The first-order valence-corrected chi connectivity index (χ1v) is 13.7. The highest BCUT2D eigenvalue weighted by molar-refractivity contribution is 7.81. The molecule has 2 aromatic rings. The average Bonchev–Trinajstić information content (AvgIpc) is 3.65. The number of hydroxylamine groups is 4. The molecule has 2 fully saturated rings. The first-order valence-electron chi connectivity index (χ1n) is 12.3. The van der Waals surface area contributed by atoms with Gasteiger partial charge in [0.15, 0.2) is 0 Å². The third-order valence-electron chi connectivity index (χ3n) is 6.74. The summed E-state index contributed by atoms with van der Waals surface area (Å²) in [7, 11) is -4.92. The van der Waals surface area contributed by atoms with Gasteiger partial charge in [-0.2, -0.15) is 28.7 Å². The summed E-state index contributed by atoms with van der Waals surface area (Å²) in [6.07, 6.45) is 6.31. The van der Waals surface area contributed by atoms with Crippen molar-refractivity contribution in [2.24, 2.45) is 11.5 Å². The van der Waals surface area contributed by atoms with E-state index in [1.165, 1.54) is 19.2 Å². The topological polar surface area (TPSA) is 222 Å². The van der Waals surface area contributed by atoms with Crippen LogP contribution in [0.3, 0.4) is 0 Å². The molecule has 4 aliphatic rings. The van der Waals surface area contributed by atoms with E-state index in [1.54, 1.807) is 36.7 Å². The van der Waals surface area contributed by atoms with Gasteiger partial charge in [0.25, 0.3) is 0 Å². The highest BCUT2D eigenvalue weighted by atomic mass is 32.3. The van der Waals surface area contributed by atoms with E-state index >= 15 is 0 Å². The Balaban J connectivity index is 1.15. The number of nitrogens with two attached hydrogens (primary N) is 2. The number of fused-ring (bicyclic) bond motifs is 4. The summed E-state index contributed by atoms with van der Waals surface area (Å²) < 4.78 is 38.8. The minimum absolute atomic E-state index is 0.0558. The van der Waals surface area contributed by atoms with Crippen LogP contribution in [0, 0.1) is 0 Å². The van der Waals surface area contributed by atoms with Crippen LogP contribution in [-0.2, 0) is 41.4 Å². The van der Waals surface area contributed by atoms with Gasteiger partial charge in [0.1, 0.15) is 12.1 Å². The number of aromatic nitrogens is 4. The molecule has 0 aromatic carbocycles. The van der Waals surface area contributed by atoms with Gasteiger partial charge in [0, 0.05) is 25.5 Å². The van der Waals surface area contributed by atoms with Crippen molar-refractivity contribution in [1.82, 2.24) is 39.5 Å². The van der Waals surface area contributed by atoms with Crippen LogP contribution in [0.25, 0.3) is 11.4 Å². The van der Waals surface area contributed by atoms with Gasteiger partial charge in [-0.25, -0.2) is 19.0 Å². The van der Waals surface area contributed by atoms with Crippen molar-refractivity contribution in [3.05, 3.63) is 48.1 Å². The van der Waals surface area contributed by atoms with E-state index in [1.807, 2.05) is 0 Å². The summed E-state index contributed by atoms with van der Waals surface area (Å²) >= 11 is 0. The molecule has 6 heterocycles. The molecule has 0 aliphatic carbocycles. The highest BCUT2D eigenvalue weighted by Crippen LogP contribution is 2.30. The number of primary amides is 2. The summed E-state index contributed by atoms with van der Waals surface area (Å²) in [5.74, 6) is -1.09. The number of hydrogen-bond donors (Lipinski definition) is 2. The molecule has 2 unspecified atom stereocenters. The molecule has 216 valence electrons. The molecule has 4 N–H and O–H groups in total. The number of amides is 6. The molecule has 18 nitrogen and oxygen atoms in total. The molecule has 0 saturated carbocycles. The quantitative estimate of drug-likeness (QED) is 0.307. The van der Waals surface area contributed by atoms with Crippen molar-refractivity contribution >= 4 is 45.7 Å². The van der Waals surface area contributed by atoms with Crippen LogP contribution in [-0.4, -0.2) is 110 Å². The third-order valence-corrected chi connectivity index (χ3v) is 7.43. The Hall–Kier alpha value is -4.75. The van der Waals surface area contributed by atoms with Gasteiger partial charge in [0.2, 0.25) is 11.8 Å². The fraction of sp³-hybridized carbons (Fsp3) is 0.364. The van der Waals surface area contributed by atoms with Crippen molar-refractivity contribution in [2.75, 3.05) is 26.2 Å². The van der Waals surface area contributed by atoms with E-state index in [9.17, 15) is 27.6 Å². The Morgan fingerprint density at radius 3 is 1.61 bits per heavy atom. The zero-order valence-electron chi connectivity index (χ0n) is 21.3. The smallest absolute Gasteiger partial charge is 0.369 e. The monoisotopic (exact) mass is 588 g/mol. The average molecular weight is 589 g/mol. The lowest BCUT2D eigenvalue weighted by atomic mass is 10.2. The summed E-state index contributed by atoms with van der Waals surface area (Å²) in [6.45, 7) is 0.523. The molecule has 2 aromatic heterocycles. The Labute approximate surface area is 232 Å². The number of carbonyl (C=O) groups is 4. The summed E-state index contributed by atoms with van der Waals surface area (Å²) in [5.41, 5.74) is 12.4. The Morgan fingerprint density at radius 2 is 1.22 bits per heavy atom. The van der Waals surface area contributed by atoms with E-state index < -0.39 is 46.4 Å². The lowest BCUT2D eigenvalue weighted by Gasteiger charge is -2.22. The fourth-order valence-electron chi connectivity index (χ4n) is 5.04. The van der Waals surface area contributed by atoms with Gasteiger partial charge in [-0.3, -0.25) is 9.59 Å². The van der Waals surface area contributed by atoms with Crippen molar-refractivity contribution in [1.29, 1.82) is 0 Å². The molecule has 4 bridgehead atoms. The zero-order chi connectivity index (χ0) is 29.1. The van der Waals surface area contributed by atoms with E-state index in [0.717, 1.165) is 0 Å². The lowest BCUT2D eigenvalue weighted by Crippen LogP contribution is -2.40. The highest BCUT2D eigenvalue weighted by Gasteiger charge is 2.47. The Bertz CT molecular complexity index is 1520. The Morgan fingerprint density at radius 1 is 0.805 bits per heavy atom. The van der Waals surface area contributed by atoms with Gasteiger partial charge >= 0.3 is 22.5 Å². The van der Waals surface area contributed by atoms with Crippen LogP contribution >= 0.6 is 0 Å². The molecule has 19 heteroatoms. The fourth-order valence-corrected chi connectivity index (χ4v) is 5.80. The molecule has 6 rings (SSSR count). The molecule has 2 atom stereocenters. The standard InChI is InChI=1S/C22H24N10O8S/c23-19(33)5-13-1-3-29(25-13)15-7-17-11-27(9-15)21(35)31(17)39-41(37,38)40-32-18-8-16(10-28(12-18)22(32)36)30-4-2-14(26-30)6-20(24)34/h1-4,7-8,17-18H,5-6,9-12H2,(H2,23,33)(H2,24,34). The lowest BCUT2D eigenvalue weighted by molar-refractivity contribution is -0.118. The normalized spacial score (nSPS) is 22.0. The SMILES string of the molecule is NC(=O)Cc1ccn(C2=CC3CN(C2)C(=O)N3OS(=O)(=O)ON2C(=O)N3CC(n4ccc(CC(N)=O)n4)=CC2C3)n1. The maximum absolute atomic E-state index is 12.9. The molecule has 0 spiro atoms. The number of hydrogen-bond acceptors (Lipinski definition) is 10. The zero-order valence-corrected chi connectivity index (χ0v) is 22.1. The molecular weight excluding hydrogens is 564 g/mol. The third kappa shape index (κ3) is 5.12. The largest absolute Gasteiger partial charge is 0.442 e. The molecule has 4 aliphatic heterocycles. The molecule has 41 heavy (non-hydrogen) atoms. The number of urea groups is 2. The maximum Gasteiger partial charge on any atom is 0.442 e. The van der Waals surface area contributed by atoms with Gasteiger partial charge in [-0.1, -0.05) is 0 Å². The first-order chi connectivity index (χ1) is 19.5. The van der Waals surface area contributed by atoms with Gasteiger partial charge in [-0.15, -0.1) is 8.57 Å². The van der Waals surface area contributed by atoms with Crippen LogP contribution in [0.2, 0.25) is 0 Å². The van der Waals surface area contributed by atoms with Crippen LogP contribution in [0.15, 0.2) is 36.7 Å². The summed E-state index contributed by atoms with van der Waals surface area (Å²) in [6, 6.07) is 0.175. The maximum atomic E-state index is 12.9. The van der Waals surface area contributed by atoms with Crippen molar-refractivity contribution in [3.8, 4) is 0 Å². The van der Waals surface area contributed by atoms with Crippen molar-refractivity contribution in [3.63, 3.8) is 0 Å². The Kier molecular flexibility index (Phi) is 6.27. The van der Waals surface area contributed by atoms with E-state index in [2.05, 4.69) is 10.2 Å². The van der Waals surface area contributed by atoms with E-state index in [0.29, 0.717) is 32.9 Å². The molecule has 2 saturated heterocycles. The second-order valence-corrected chi connectivity index (χ2v) is 10.9. The predicted molar refractivity (Wildman–Crippen MR) is 135 cm³/mol. The summed E-state index contributed by atoms with van der Waals surface area (Å²) in [5, 5.41) is 9.86. The van der Waals surface area contributed by atoms with Gasteiger partial charge in [-0.05, 0) is 24.3 Å². The molecule has 6 amide bonds. The molecular formula is C22H24N10O8S. The number of carbonyl (C=O) groups excluding carboxylic acids is 4. The molecule has 0 radical (unpaired) electrons. The van der Waals surface area contributed by atoms with Crippen molar-refractivity contribution < 1.29 is 36.2 Å². The van der Waals surface area contributed by atoms with Crippen LogP contribution < -0.4 is 11.5 Å². The van der Waals surface area contributed by atoms with Gasteiger partial charge < -0.3 is 21.3 Å². The summed E-state index contributed by atoms with van der Waals surface area (Å²) in [4.78, 5) is 50.8. The van der Waals surface area contributed by atoms with Crippen LogP contribution in [0.4, 0.5) is 9.59 Å². The first kappa shape index (κ1) is 26.5. The van der Waals surface area contributed by atoms with Crippen LogP contribution in [0.5, 0.6) is 0 Å². The number of rotatable bonds is 10. The van der Waals surface area contributed by atoms with E-state index in [-0.39, 0.29) is 39.0 Å². The number of nitrogens with zero attached hydrogens (tertiary/aromatic N) is 8. The van der Waals surface area contributed by atoms with E-state index in [4.69, 9.17) is 20.0 Å². The second kappa shape index (κ2) is 9.71. The van der Waals surface area contributed by atoms with Gasteiger partial charge in [0.05, 0.1) is 48.7 Å². The van der Waals surface area contributed by atoms with Crippen LogP contribution in [0.1, 0.15) is 11.4 Å². The van der Waals surface area contributed by atoms with Crippen molar-refractivity contribution in [2.45, 2.75) is 24.9 Å². The predicted octanol–water partition coefficient (Wildman–Crippen LogP) is -2.14. The minimum atomic E-state index is -4.92. The minimum Gasteiger partial charge on any atom is -0.369 e. The second-order valence-electron chi connectivity index (χ2n) is 9.78.